The summed E-state index contributed by atoms with van der Waals surface area (Å²) in [6.07, 6.45) is 3.95. The lowest BCUT2D eigenvalue weighted by atomic mass is 10.3. The molecule has 1 nitrogen and oxygen atoms in total. The molecule has 0 spiro atoms. The van der Waals surface area contributed by atoms with Gasteiger partial charge in [-0.3, -0.25) is 0 Å². The minimum atomic E-state index is 0.440. The topological polar surface area (TPSA) is 9.23 Å². The van der Waals surface area contributed by atoms with Gasteiger partial charge in [0.1, 0.15) is 0 Å². The Labute approximate surface area is 72.3 Å². The molecule has 2 heteroatoms. The lowest BCUT2D eigenvalue weighted by Gasteiger charge is -2.08. The first-order valence-electron chi connectivity index (χ1n) is 3.98. The molecule has 0 heterocycles. The average molecular weight is 209 g/mol. The number of rotatable bonds is 6. The van der Waals surface area contributed by atoms with Gasteiger partial charge in [0.05, 0.1) is 6.10 Å². The fourth-order valence-electron chi connectivity index (χ4n) is 0.599. The van der Waals surface area contributed by atoms with Gasteiger partial charge >= 0.3 is 0 Å². The van der Waals surface area contributed by atoms with Gasteiger partial charge < -0.3 is 4.74 Å². The zero-order valence-corrected chi connectivity index (χ0v) is 8.49. The van der Waals surface area contributed by atoms with Crippen molar-refractivity contribution >= 4 is 15.9 Å². The van der Waals surface area contributed by atoms with Gasteiger partial charge in [0, 0.05) is 11.9 Å². The molecule has 1 atom stereocenters. The quantitative estimate of drug-likeness (QED) is 0.482. The second-order valence-corrected chi connectivity index (χ2v) is 3.28. The number of halogens is 1. The van der Waals surface area contributed by atoms with E-state index >= 15 is 0 Å². The van der Waals surface area contributed by atoms with E-state index in [1.807, 2.05) is 0 Å². The molecule has 62 valence electrons. The first-order valence-corrected chi connectivity index (χ1v) is 5.11. The van der Waals surface area contributed by atoms with Gasteiger partial charge in [-0.2, -0.15) is 0 Å². The fraction of sp³-hybridized carbons (Fsp3) is 1.00. The van der Waals surface area contributed by atoms with Crippen LogP contribution in [0.25, 0.3) is 0 Å². The molecule has 0 amide bonds. The lowest BCUT2D eigenvalue weighted by Crippen LogP contribution is -2.07. The van der Waals surface area contributed by atoms with E-state index in [9.17, 15) is 0 Å². The molecular formula is C8H17BrO. The summed E-state index contributed by atoms with van der Waals surface area (Å²) in [7, 11) is 0. The zero-order valence-electron chi connectivity index (χ0n) is 6.90. The molecule has 0 saturated heterocycles. The van der Waals surface area contributed by atoms with E-state index in [0.29, 0.717) is 6.10 Å². The number of ether oxygens (including phenoxy) is 1. The highest BCUT2D eigenvalue weighted by molar-refractivity contribution is 9.09. The minimum absolute atomic E-state index is 0.440. The summed E-state index contributed by atoms with van der Waals surface area (Å²) in [5, 5.41) is 1.09. The van der Waals surface area contributed by atoms with Gasteiger partial charge in [0.25, 0.3) is 0 Å². The number of alkyl halides is 1. The van der Waals surface area contributed by atoms with Crippen LogP contribution in [-0.2, 0) is 4.74 Å². The molecule has 10 heavy (non-hydrogen) atoms. The van der Waals surface area contributed by atoms with Crippen molar-refractivity contribution in [3.8, 4) is 0 Å². The van der Waals surface area contributed by atoms with Gasteiger partial charge in [-0.1, -0.05) is 22.9 Å². The summed E-state index contributed by atoms with van der Waals surface area (Å²) in [5.74, 6) is 0. The van der Waals surface area contributed by atoms with Gasteiger partial charge in [-0.25, -0.2) is 0 Å². The van der Waals surface area contributed by atoms with E-state index in [1.54, 1.807) is 0 Å². The fourth-order valence-corrected chi connectivity index (χ4v) is 0.995. The first-order chi connectivity index (χ1) is 4.81. The van der Waals surface area contributed by atoms with E-state index in [1.165, 1.54) is 12.8 Å². The molecule has 0 aliphatic carbocycles. The van der Waals surface area contributed by atoms with Crippen LogP contribution in [0, 0.1) is 0 Å². The van der Waals surface area contributed by atoms with E-state index in [2.05, 4.69) is 29.8 Å². The standard InChI is InChI=1S/C8H17BrO/c1-3-8(2)10-7-5-4-6-9/h8H,3-7H2,1-2H3. The SMILES string of the molecule is CCC(C)OCCCCBr. The van der Waals surface area contributed by atoms with Gasteiger partial charge in [0.2, 0.25) is 0 Å². The summed E-state index contributed by atoms with van der Waals surface area (Å²) < 4.78 is 5.47. The maximum atomic E-state index is 5.47. The minimum Gasteiger partial charge on any atom is -0.379 e. The van der Waals surface area contributed by atoms with Crippen molar-refractivity contribution in [1.82, 2.24) is 0 Å². The Bertz CT molecular complexity index is 66.3. The maximum absolute atomic E-state index is 5.47. The molecule has 0 aliphatic rings. The Morgan fingerprint density at radius 3 is 2.60 bits per heavy atom. The maximum Gasteiger partial charge on any atom is 0.0544 e. The van der Waals surface area contributed by atoms with Crippen molar-refractivity contribution in [2.75, 3.05) is 11.9 Å². The molecule has 0 radical (unpaired) electrons. The molecule has 0 aromatic carbocycles. The summed E-state index contributed by atoms with van der Waals surface area (Å²) in [4.78, 5) is 0. The molecule has 0 aliphatic heterocycles. The summed E-state index contributed by atoms with van der Waals surface area (Å²) in [5.41, 5.74) is 0. The van der Waals surface area contributed by atoms with Crippen molar-refractivity contribution in [2.45, 2.75) is 39.2 Å². The van der Waals surface area contributed by atoms with Gasteiger partial charge in [-0.05, 0) is 26.2 Å². The smallest absolute Gasteiger partial charge is 0.0544 e. The van der Waals surface area contributed by atoms with E-state index < -0.39 is 0 Å². The summed E-state index contributed by atoms with van der Waals surface area (Å²) in [6.45, 7) is 5.18. The Balaban J connectivity index is 2.89. The molecule has 0 rings (SSSR count). The first kappa shape index (κ1) is 10.4. The van der Waals surface area contributed by atoms with Gasteiger partial charge in [0.15, 0.2) is 0 Å². The third-order valence-corrected chi connectivity index (χ3v) is 2.07. The Morgan fingerprint density at radius 2 is 2.10 bits per heavy atom. The summed E-state index contributed by atoms with van der Waals surface area (Å²) in [6, 6.07) is 0. The number of hydrogen-bond donors (Lipinski definition) is 0. The highest BCUT2D eigenvalue weighted by Gasteiger charge is 1.95. The van der Waals surface area contributed by atoms with Gasteiger partial charge in [-0.15, -0.1) is 0 Å². The predicted octanol–water partition coefficient (Wildman–Crippen LogP) is 2.98. The van der Waals surface area contributed by atoms with Crippen LogP contribution in [0.15, 0.2) is 0 Å². The van der Waals surface area contributed by atoms with Crippen molar-refractivity contribution in [1.29, 1.82) is 0 Å². The van der Waals surface area contributed by atoms with Crippen LogP contribution >= 0.6 is 15.9 Å². The molecule has 0 aromatic rings. The van der Waals surface area contributed by atoms with Crippen LogP contribution in [-0.4, -0.2) is 18.0 Å². The highest BCUT2D eigenvalue weighted by atomic mass is 79.9. The number of hydrogen-bond acceptors (Lipinski definition) is 1. The van der Waals surface area contributed by atoms with Crippen LogP contribution in [0.4, 0.5) is 0 Å². The Kier molecular flexibility index (Phi) is 7.88. The van der Waals surface area contributed by atoms with Crippen LogP contribution in [0.3, 0.4) is 0 Å². The average Bonchev–Trinajstić information content (AvgIpc) is 1.98. The van der Waals surface area contributed by atoms with Crippen LogP contribution in [0.5, 0.6) is 0 Å². The third kappa shape index (κ3) is 6.56. The zero-order chi connectivity index (χ0) is 7.82. The van der Waals surface area contributed by atoms with Crippen LogP contribution in [0.1, 0.15) is 33.1 Å². The molecule has 0 fully saturated rings. The monoisotopic (exact) mass is 208 g/mol. The summed E-state index contributed by atoms with van der Waals surface area (Å²) >= 11 is 3.38. The van der Waals surface area contributed by atoms with Crippen molar-refractivity contribution in [3.63, 3.8) is 0 Å². The van der Waals surface area contributed by atoms with E-state index in [4.69, 9.17) is 4.74 Å². The predicted molar refractivity (Wildman–Crippen MR) is 48.7 cm³/mol. The van der Waals surface area contributed by atoms with E-state index in [-0.39, 0.29) is 0 Å². The van der Waals surface area contributed by atoms with E-state index in [0.717, 1.165) is 18.4 Å². The number of unbranched alkanes of at least 4 members (excludes halogenated alkanes) is 1. The molecule has 0 aromatic heterocycles. The Morgan fingerprint density at radius 1 is 1.40 bits per heavy atom. The second-order valence-electron chi connectivity index (χ2n) is 2.49. The van der Waals surface area contributed by atoms with Crippen LogP contribution in [0.2, 0.25) is 0 Å². The normalized spacial score (nSPS) is 13.5. The lowest BCUT2D eigenvalue weighted by molar-refractivity contribution is 0.0618. The molecule has 0 saturated carbocycles. The second kappa shape index (κ2) is 7.55. The molecular weight excluding hydrogens is 192 g/mol. The van der Waals surface area contributed by atoms with Crippen molar-refractivity contribution < 1.29 is 4.74 Å². The Hall–Kier alpha value is 0.440. The third-order valence-electron chi connectivity index (χ3n) is 1.51. The van der Waals surface area contributed by atoms with Crippen LogP contribution < -0.4 is 0 Å². The molecule has 0 N–H and O–H groups in total. The van der Waals surface area contributed by atoms with Crippen molar-refractivity contribution in [3.05, 3.63) is 0 Å². The molecule has 0 bridgehead atoms. The molecule has 1 unspecified atom stereocenters. The largest absolute Gasteiger partial charge is 0.379 e. The van der Waals surface area contributed by atoms with Crippen molar-refractivity contribution in [2.24, 2.45) is 0 Å². The highest BCUT2D eigenvalue weighted by Crippen LogP contribution is 1.99.